The van der Waals surface area contributed by atoms with Gasteiger partial charge in [-0.05, 0) is 358 Å². The van der Waals surface area contributed by atoms with E-state index in [2.05, 4.69) is 53.7 Å². The van der Waals surface area contributed by atoms with Crippen LogP contribution in [0, 0.1) is 194 Å². The maximum Gasteiger partial charge on any atom is 0.303 e. The van der Waals surface area contributed by atoms with E-state index >= 15 is 0 Å². The molecule has 0 saturated heterocycles. The predicted molar refractivity (Wildman–Crippen MR) is 349 cm³/mol. The highest BCUT2D eigenvalue weighted by atomic mass is 16.6. The SMILES string of the molecule is CC(=O)OC(C)(C)C1CC2C3CC(C#N)C(C3)C2C1.CC(=O)OC(C)(C)C1CC2C3CC(O)C(C3)C2C1.CC(=O)OC(C)(C)C1CC2C3CCC(C3)C2C1.CC(=O)OC(C)(C)C1CC2CC1C1C3CCC(C3)C21.CC(=O)OC(C)(C)C1CC2CC1C1CC(C#N)CC21. The molecule has 0 radical (unpaired) electrons. The molecule has 16 aliphatic carbocycles. The summed E-state index contributed by atoms with van der Waals surface area (Å²) in [5.41, 5.74) is -1.55. The molecule has 512 valence electrons. The number of hydrogen-bond acceptors (Lipinski definition) is 13. The first-order valence-electron chi connectivity index (χ1n) is 37.6. The summed E-state index contributed by atoms with van der Waals surface area (Å²) in [4.78, 5) is 56.3. The number of esters is 5. The standard InChI is InChI=1S/C17H26O2.2C16H23NO2.C15H24O3.C15H24O2/c1-9(18)19-17(2,3)14-8-12-7-13(14)16-11-5-4-10(6-11)15(12)16;1-9(18)19-16(2,3)12-6-14-10-4-11(8-17)13(5-10)15(14)7-12;1-9(18)19-16(2,3)15-7-11-6-14(15)13-5-10(8-17)4-12(11)13;1-8(16)18-15(2,3)10-6-11-9-4-13(12(11)7-10)14(17)5-9;1-9(16)17-15(2,3)12-7-13-10-4-5-11(6-10)14(13)8-12/h10-16H,4-8H2,1-3H3;2*10-15H,4-7H2,1-3H3;9-14,17H,4-7H2,1-3H3;10-14H,4-8H2,1-3H3. The van der Waals surface area contributed by atoms with Gasteiger partial charge in [0.2, 0.25) is 0 Å². The number of carbonyl (C=O) groups is 5. The smallest absolute Gasteiger partial charge is 0.303 e. The summed E-state index contributed by atoms with van der Waals surface area (Å²) in [6.45, 7) is 28.3. The zero-order valence-electron chi connectivity index (χ0n) is 59.3. The summed E-state index contributed by atoms with van der Waals surface area (Å²) in [7, 11) is 0. The third kappa shape index (κ3) is 12.8. The van der Waals surface area contributed by atoms with Crippen LogP contribution in [0.4, 0.5) is 0 Å². The Kier molecular flexibility index (Phi) is 18.8. The number of ether oxygens (including phenoxy) is 5. The van der Waals surface area contributed by atoms with Gasteiger partial charge < -0.3 is 28.8 Å². The minimum Gasteiger partial charge on any atom is -0.460 e. The highest BCUT2D eigenvalue weighted by Crippen LogP contribution is 2.71. The van der Waals surface area contributed by atoms with E-state index in [1.54, 1.807) is 6.92 Å². The quantitative estimate of drug-likeness (QED) is 0.123. The molecule has 0 amide bonds. The van der Waals surface area contributed by atoms with E-state index in [0.29, 0.717) is 71.0 Å². The van der Waals surface area contributed by atoms with Crippen LogP contribution in [0.3, 0.4) is 0 Å². The van der Waals surface area contributed by atoms with Crippen LogP contribution in [0.25, 0.3) is 0 Å². The van der Waals surface area contributed by atoms with Gasteiger partial charge in [0.1, 0.15) is 28.0 Å². The zero-order valence-corrected chi connectivity index (χ0v) is 59.3. The number of fused-ring (bicyclic) bond motifs is 29. The van der Waals surface area contributed by atoms with Gasteiger partial charge in [-0.25, -0.2) is 0 Å². The van der Waals surface area contributed by atoms with Gasteiger partial charge in [0.05, 0.1) is 18.2 Å². The Morgan fingerprint density at radius 1 is 0.315 bits per heavy atom. The van der Waals surface area contributed by atoms with Crippen molar-refractivity contribution >= 4 is 29.8 Å². The van der Waals surface area contributed by atoms with Crippen LogP contribution in [-0.4, -0.2) is 69.1 Å². The van der Waals surface area contributed by atoms with E-state index < -0.39 is 0 Å². The van der Waals surface area contributed by atoms with E-state index in [9.17, 15) is 34.3 Å². The molecule has 29 atom stereocenters. The second-order valence-corrected chi connectivity index (χ2v) is 37.0. The van der Waals surface area contributed by atoms with Crippen LogP contribution >= 0.6 is 0 Å². The number of rotatable bonds is 10. The largest absolute Gasteiger partial charge is 0.460 e. The molecule has 0 aromatic carbocycles. The normalized spacial score (nSPS) is 45.7. The molecule has 16 rings (SSSR count). The van der Waals surface area contributed by atoms with Crippen molar-refractivity contribution in [1.29, 1.82) is 10.5 Å². The third-order valence-electron chi connectivity index (χ3n) is 30.6. The van der Waals surface area contributed by atoms with Crippen LogP contribution in [0.15, 0.2) is 0 Å². The molecule has 12 bridgehead atoms. The van der Waals surface area contributed by atoms with Gasteiger partial charge in [-0.1, -0.05) is 0 Å². The molecule has 0 heterocycles. The van der Waals surface area contributed by atoms with Crippen molar-refractivity contribution in [2.24, 2.45) is 172 Å². The summed E-state index contributed by atoms with van der Waals surface area (Å²) in [5, 5.41) is 28.4. The predicted octanol–water partition coefficient (Wildman–Crippen LogP) is 15.7. The molecular formula is C79H120N2O11. The molecule has 29 unspecified atom stereocenters. The lowest BCUT2D eigenvalue weighted by Gasteiger charge is -2.44. The molecule has 0 spiro atoms. The van der Waals surface area contributed by atoms with Gasteiger partial charge in [0, 0.05) is 58.3 Å². The topological polar surface area (TPSA) is 199 Å². The van der Waals surface area contributed by atoms with Gasteiger partial charge in [-0.3, -0.25) is 24.0 Å². The first kappa shape index (κ1) is 68.2. The number of nitrogens with zero attached hydrogens (tertiary/aromatic N) is 2. The third-order valence-corrected chi connectivity index (χ3v) is 30.6. The van der Waals surface area contributed by atoms with Gasteiger partial charge in [-0.2, -0.15) is 10.5 Å². The van der Waals surface area contributed by atoms with Crippen molar-refractivity contribution in [2.75, 3.05) is 0 Å². The second kappa shape index (κ2) is 25.3. The van der Waals surface area contributed by atoms with Crippen molar-refractivity contribution in [3.63, 3.8) is 0 Å². The molecule has 0 aromatic heterocycles. The lowest BCUT2D eigenvalue weighted by Crippen LogP contribution is -2.44. The highest BCUT2D eigenvalue weighted by molar-refractivity contribution is 5.68. The minimum atomic E-state index is -0.349. The van der Waals surface area contributed by atoms with Gasteiger partial charge >= 0.3 is 29.8 Å². The lowest BCUT2D eigenvalue weighted by atomic mass is 9.64. The summed E-state index contributed by atoms with van der Waals surface area (Å²) < 4.78 is 27.8. The van der Waals surface area contributed by atoms with Crippen LogP contribution < -0.4 is 0 Å². The molecule has 16 aliphatic rings. The zero-order chi connectivity index (χ0) is 66.2. The fourth-order valence-electron chi connectivity index (χ4n) is 27.6. The van der Waals surface area contributed by atoms with E-state index in [-0.39, 0.29) is 69.9 Å². The lowest BCUT2D eigenvalue weighted by molar-refractivity contribution is -0.164. The van der Waals surface area contributed by atoms with Crippen molar-refractivity contribution in [3.8, 4) is 12.1 Å². The Hall–Kier alpha value is -3.71. The van der Waals surface area contributed by atoms with Crippen molar-refractivity contribution < 1.29 is 52.8 Å². The monoisotopic (exact) mass is 1270 g/mol. The van der Waals surface area contributed by atoms with Crippen molar-refractivity contribution in [3.05, 3.63) is 0 Å². The van der Waals surface area contributed by atoms with Gasteiger partial charge in [0.15, 0.2) is 0 Å². The summed E-state index contributed by atoms with van der Waals surface area (Å²) in [6.07, 6.45) is 28.1. The van der Waals surface area contributed by atoms with Crippen molar-refractivity contribution in [1.82, 2.24) is 0 Å². The molecule has 13 nitrogen and oxygen atoms in total. The first-order valence-corrected chi connectivity index (χ1v) is 37.6. The molecule has 0 aromatic rings. The average molecular weight is 1270 g/mol. The van der Waals surface area contributed by atoms with Gasteiger partial charge in [0.25, 0.3) is 0 Å². The molecular weight excluding hydrogens is 1150 g/mol. The number of nitriles is 2. The van der Waals surface area contributed by atoms with Crippen LogP contribution in [-0.2, 0) is 47.7 Å². The Morgan fingerprint density at radius 3 is 1.14 bits per heavy atom. The summed E-state index contributed by atoms with van der Waals surface area (Å²) >= 11 is 0. The Bertz CT molecular complexity index is 2840. The summed E-state index contributed by atoms with van der Waals surface area (Å²) in [5.74, 6) is 20.7. The summed E-state index contributed by atoms with van der Waals surface area (Å²) in [6, 6.07) is 4.97. The molecule has 1 N–H and O–H groups in total. The number of hydrogen-bond donors (Lipinski definition) is 1. The van der Waals surface area contributed by atoms with E-state index in [4.69, 9.17) is 28.9 Å². The van der Waals surface area contributed by atoms with E-state index in [0.717, 1.165) is 133 Å². The molecule has 92 heavy (non-hydrogen) atoms. The molecule has 0 aliphatic heterocycles. The molecule has 13 heteroatoms. The van der Waals surface area contributed by atoms with Gasteiger partial charge in [-0.15, -0.1) is 0 Å². The van der Waals surface area contributed by atoms with Crippen LogP contribution in [0.1, 0.15) is 245 Å². The fourth-order valence-corrected chi connectivity index (χ4v) is 27.6. The number of aliphatic hydroxyl groups excluding tert-OH is 1. The van der Waals surface area contributed by atoms with E-state index in [1.807, 2.05) is 27.7 Å². The van der Waals surface area contributed by atoms with E-state index in [1.165, 1.54) is 130 Å². The second-order valence-electron chi connectivity index (χ2n) is 37.0. The molecule has 16 saturated carbocycles. The minimum absolute atomic E-state index is 0.0631. The number of carbonyl (C=O) groups excluding carboxylic acids is 5. The Balaban J connectivity index is 0.000000111. The van der Waals surface area contributed by atoms with Crippen LogP contribution in [0.5, 0.6) is 0 Å². The van der Waals surface area contributed by atoms with Crippen molar-refractivity contribution in [2.45, 2.75) is 279 Å². The maximum absolute atomic E-state index is 11.4. The highest BCUT2D eigenvalue weighted by Gasteiger charge is 2.66. The first-order chi connectivity index (χ1) is 43.2. The number of aliphatic hydroxyl groups is 1. The Labute approximate surface area is 553 Å². The molecule has 16 fully saturated rings. The Morgan fingerprint density at radius 2 is 0.652 bits per heavy atom. The average Bonchev–Trinajstić information content (AvgIpc) is 1.57. The van der Waals surface area contributed by atoms with Crippen LogP contribution in [0.2, 0.25) is 0 Å². The maximum atomic E-state index is 11.4. The fraction of sp³-hybridized carbons (Fsp3) is 0.911.